The van der Waals surface area contributed by atoms with Crippen molar-refractivity contribution in [2.45, 2.75) is 26.7 Å². The van der Waals surface area contributed by atoms with Crippen LogP contribution in [0.25, 0.3) is 5.69 Å². The van der Waals surface area contributed by atoms with Crippen LogP contribution in [0.5, 0.6) is 0 Å². The minimum absolute atomic E-state index is 0.108. The van der Waals surface area contributed by atoms with Gasteiger partial charge in [0, 0.05) is 13.1 Å². The molecule has 1 fully saturated rings. The Morgan fingerprint density at radius 1 is 1.28 bits per heavy atom. The molecule has 0 aliphatic carbocycles. The number of likely N-dealkylation sites (tertiary alicyclic amines) is 1. The van der Waals surface area contributed by atoms with E-state index in [1.165, 1.54) is 0 Å². The molecule has 0 spiro atoms. The van der Waals surface area contributed by atoms with Crippen LogP contribution < -0.4 is 15.2 Å². The summed E-state index contributed by atoms with van der Waals surface area (Å²) in [6.07, 6.45) is 1.82. The number of rotatable bonds is 7. The lowest BCUT2D eigenvalue weighted by Crippen LogP contribution is -2.44. The normalized spacial score (nSPS) is 18.0. The third kappa shape index (κ3) is 5.86. The zero-order valence-electron chi connectivity index (χ0n) is 16.8. The number of para-hydroxylation sites is 1. The quantitative estimate of drug-likeness (QED) is 0.615. The van der Waals surface area contributed by atoms with E-state index in [4.69, 9.17) is 5.14 Å². The van der Waals surface area contributed by atoms with Gasteiger partial charge in [0.1, 0.15) is 0 Å². The molecule has 10 heteroatoms. The molecule has 2 aromatic rings. The average Bonchev–Trinajstić information content (AvgIpc) is 2.95. The number of piperidine rings is 1. The summed E-state index contributed by atoms with van der Waals surface area (Å²) in [6, 6.07) is 9.77. The van der Waals surface area contributed by atoms with Gasteiger partial charge in [-0.05, 0) is 51.3 Å². The second-order valence-corrected chi connectivity index (χ2v) is 8.86. The Morgan fingerprint density at radius 2 is 2.00 bits per heavy atom. The third-order valence-corrected chi connectivity index (χ3v) is 5.67. The van der Waals surface area contributed by atoms with Gasteiger partial charge in [-0.2, -0.15) is 13.5 Å². The standard InChI is InChI=1S/C19H28N6O3S/c1-14-19(15(2)25(23-14)17-8-4-3-5-9-17)22-18(26)13-24-10-6-7-16(12-24)11-21-29(20,27)28/h3-5,8-9,16,21H,6-7,10-13H2,1-2H3,(H,22,26)(H2,20,27,28)/t16-/m1/s1. The third-order valence-electron chi connectivity index (χ3n) is 5.10. The van der Waals surface area contributed by atoms with Crippen LogP contribution in [-0.4, -0.2) is 55.2 Å². The van der Waals surface area contributed by atoms with Crippen LogP contribution in [-0.2, 0) is 15.0 Å². The minimum atomic E-state index is -3.69. The Hall–Kier alpha value is -2.27. The molecule has 29 heavy (non-hydrogen) atoms. The first-order valence-electron chi connectivity index (χ1n) is 9.64. The van der Waals surface area contributed by atoms with Crippen molar-refractivity contribution in [3.05, 3.63) is 41.7 Å². The molecule has 1 aliphatic rings. The smallest absolute Gasteiger partial charge is 0.274 e. The number of amides is 1. The van der Waals surface area contributed by atoms with Crippen molar-refractivity contribution < 1.29 is 13.2 Å². The van der Waals surface area contributed by atoms with Crippen molar-refractivity contribution in [1.82, 2.24) is 19.4 Å². The molecular weight excluding hydrogens is 392 g/mol. The summed E-state index contributed by atoms with van der Waals surface area (Å²) < 4.78 is 26.3. The highest BCUT2D eigenvalue weighted by Gasteiger charge is 2.23. The van der Waals surface area contributed by atoms with E-state index in [1.54, 1.807) is 0 Å². The maximum absolute atomic E-state index is 12.6. The van der Waals surface area contributed by atoms with E-state index in [0.717, 1.165) is 42.1 Å². The fraction of sp³-hybridized carbons (Fsp3) is 0.474. The van der Waals surface area contributed by atoms with E-state index < -0.39 is 10.2 Å². The molecule has 4 N–H and O–H groups in total. The number of nitrogens with two attached hydrogens (primary N) is 1. The largest absolute Gasteiger partial charge is 0.322 e. The molecule has 0 saturated carbocycles. The first-order valence-corrected chi connectivity index (χ1v) is 11.2. The average molecular weight is 421 g/mol. The van der Waals surface area contributed by atoms with Gasteiger partial charge in [-0.1, -0.05) is 18.2 Å². The Balaban J connectivity index is 1.60. The lowest BCUT2D eigenvalue weighted by molar-refractivity contribution is -0.117. The number of hydrogen-bond donors (Lipinski definition) is 3. The van der Waals surface area contributed by atoms with E-state index in [-0.39, 0.29) is 18.4 Å². The number of aromatic nitrogens is 2. The molecule has 0 unspecified atom stereocenters. The molecule has 1 aliphatic heterocycles. The lowest BCUT2D eigenvalue weighted by Gasteiger charge is -2.32. The zero-order chi connectivity index (χ0) is 21.0. The Bertz CT molecular complexity index is 958. The second kappa shape index (κ2) is 9.04. The van der Waals surface area contributed by atoms with Crippen molar-refractivity contribution in [1.29, 1.82) is 0 Å². The first-order chi connectivity index (χ1) is 13.7. The highest BCUT2D eigenvalue weighted by Crippen LogP contribution is 2.23. The van der Waals surface area contributed by atoms with Gasteiger partial charge in [-0.3, -0.25) is 9.69 Å². The lowest BCUT2D eigenvalue weighted by atomic mass is 9.98. The second-order valence-electron chi connectivity index (χ2n) is 7.48. The molecule has 3 rings (SSSR count). The molecule has 1 aromatic heterocycles. The number of benzene rings is 1. The van der Waals surface area contributed by atoms with Crippen molar-refractivity contribution >= 4 is 21.8 Å². The maximum Gasteiger partial charge on any atom is 0.274 e. The highest BCUT2D eigenvalue weighted by molar-refractivity contribution is 7.87. The van der Waals surface area contributed by atoms with Crippen molar-refractivity contribution in [2.24, 2.45) is 11.1 Å². The van der Waals surface area contributed by atoms with E-state index in [2.05, 4.69) is 15.1 Å². The molecular formula is C19H28N6O3S. The maximum atomic E-state index is 12.6. The van der Waals surface area contributed by atoms with E-state index in [0.29, 0.717) is 13.1 Å². The van der Waals surface area contributed by atoms with Crippen molar-refractivity contribution in [2.75, 3.05) is 31.5 Å². The number of nitrogens with one attached hydrogen (secondary N) is 2. The number of aryl methyl sites for hydroxylation is 1. The van der Waals surface area contributed by atoms with Gasteiger partial charge in [-0.15, -0.1) is 0 Å². The summed E-state index contributed by atoms with van der Waals surface area (Å²) in [4.78, 5) is 14.7. The SMILES string of the molecule is Cc1nn(-c2ccccc2)c(C)c1NC(=O)CN1CCC[C@H](CNS(N)(=O)=O)C1. The Kier molecular flexibility index (Phi) is 6.68. The minimum Gasteiger partial charge on any atom is -0.322 e. The van der Waals surface area contributed by atoms with Gasteiger partial charge < -0.3 is 5.32 Å². The molecule has 2 heterocycles. The number of anilines is 1. The number of carbonyl (C=O) groups excluding carboxylic acids is 1. The fourth-order valence-electron chi connectivity index (χ4n) is 3.72. The first kappa shape index (κ1) is 21.4. The van der Waals surface area contributed by atoms with Gasteiger partial charge in [0.05, 0.1) is 29.3 Å². The molecule has 1 aromatic carbocycles. The van der Waals surface area contributed by atoms with Crippen LogP contribution in [0.15, 0.2) is 30.3 Å². The Morgan fingerprint density at radius 3 is 2.69 bits per heavy atom. The van der Waals surface area contributed by atoms with Crippen molar-refractivity contribution in [3.63, 3.8) is 0 Å². The van der Waals surface area contributed by atoms with Crippen LogP contribution >= 0.6 is 0 Å². The predicted molar refractivity (Wildman–Crippen MR) is 112 cm³/mol. The topological polar surface area (TPSA) is 122 Å². The van der Waals surface area contributed by atoms with Crippen molar-refractivity contribution in [3.8, 4) is 5.69 Å². The van der Waals surface area contributed by atoms with Gasteiger partial charge in [-0.25, -0.2) is 14.5 Å². The predicted octanol–water partition coefficient (Wildman–Crippen LogP) is 0.933. The summed E-state index contributed by atoms with van der Waals surface area (Å²) in [5.74, 6) is 0.0306. The molecule has 0 radical (unpaired) electrons. The van der Waals surface area contributed by atoms with E-state index in [9.17, 15) is 13.2 Å². The summed E-state index contributed by atoms with van der Waals surface area (Å²) in [5, 5.41) is 12.5. The number of carbonyl (C=O) groups is 1. The molecule has 158 valence electrons. The summed E-state index contributed by atoms with van der Waals surface area (Å²) in [7, 11) is -3.69. The molecule has 1 saturated heterocycles. The van der Waals surface area contributed by atoms with Crippen LogP contribution in [0, 0.1) is 19.8 Å². The molecule has 0 bridgehead atoms. The van der Waals surface area contributed by atoms with Gasteiger partial charge >= 0.3 is 0 Å². The fourth-order valence-corrected chi connectivity index (χ4v) is 4.19. The highest BCUT2D eigenvalue weighted by atomic mass is 32.2. The van der Waals surface area contributed by atoms with Crippen LogP contribution in [0.4, 0.5) is 5.69 Å². The summed E-state index contributed by atoms with van der Waals surface area (Å²) >= 11 is 0. The molecule has 1 atom stereocenters. The van der Waals surface area contributed by atoms with Gasteiger partial charge in [0.15, 0.2) is 0 Å². The van der Waals surface area contributed by atoms with Gasteiger partial charge in [0.2, 0.25) is 5.91 Å². The van der Waals surface area contributed by atoms with E-state index >= 15 is 0 Å². The summed E-state index contributed by atoms with van der Waals surface area (Å²) in [6.45, 7) is 5.80. The van der Waals surface area contributed by atoms with E-state index in [1.807, 2.05) is 53.8 Å². The number of hydrogen-bond acceptors (Lipinski definition) is 5. The van der Waals surface area contributed by atoms with Crippen LogP contribution in [0.1, 0.15) is 24.2 Å². The zero-order valence-corrected chi connectivity index (χ0v) is 17.6. The van der Waals surface area contributed by atoms with Gasteiger partial charge in [0.25, 0.3) is 10.2 Å². The number of nitrogens with zero attached hydrogens (tertiary/aromatic N) is 3. The van der Waals surface area contributed by atoms with Crippen LogP contribution in [0.2, 0.25) is 0 Å². The van der Waals surface area contributed by atoms with Crippen LogP contribution in [0.3, 0.4) is 0 Å². The molecule has 9 nitrogen and oxygen atoms in total. The Labute approximate surface area is 171 Å². The molecule has 1 amide bonds. The summed E-state index contributed by atoms with van der Waals surface area (Å²) in [5.41, 5.74) is 3.29. The monoisotopic (exact) mass is 420 g/mol.